The molecule has 0 aliphatic carbocycles. The average molecular weight is 320 g/mol. The van der Waals surface area contributed by atoms with Crippen LogP contribution in [0.15, 0.2) is 18.2 Å². The van der Waals surface area contributed by atoms with Crippen molar-refractivity contribution < 1.29 is 14.3 Å². The Morgan fingerprint density at radius 3 is 2.45 bits per heavy atom. The van der Waals surface area contributed by atoms with Gasteiger partial charge in [-0.15, -0.1) is 0 Å². The van der Waals surface area contributed by atoms with Gasteiger partial charge in [0.2, 0.25) is 0 Å². The third-order valence-corrected chi connectivity index (χ3v) is 4.95. The highest BCUT2D eigenvalue weighted by molar-refractivity contribution is 8.14. The summed E-state index contributed by atoms with van der Waals surface area (Å²) in [6, 6.07) is 6.13. The number of ketones is 1. The molecule has 1 heterocycles. The summed E-state index contributed by atoms with van der Waals surface area (Å²) in [6.45, 7) is 12.0. The van der Waals surface area contributed by atoms with Crippen LogP contribution >= 0.6 is 11.8 Å². The van der Waals surface area contributed by atoms with Crippen molar-refractivity contribution in [2.24, 2.45) is 0 Å². The molecular weight excluding hydrogens is 296 g/mol. The van der Waals surface area contributed by atoms with E-state index in [0.717, 1.165) is 28.6 Å². The predicted molar refractivity (Wildman–Crippen MR) is 90.7 cm³/mol. The second kappa shape index (κ2) is 5.73. The minimum atomic E-state index is -0.530. The fraction of sp³-hybridized carbons (Fsp3) is 0.556. The van der Waals surface area contributed by atoms with Gasteiger partial charge in [0.25, 0.3) is 0 Å². The normalized spacial score (nSPS) is 19.5. The summed E-state index contributed by atoms with van der Waals surface area (Å²) in [5, 5.41) is -0.0444. The topological polar surface area (TPSA) is 43.4 Å². The van der Waals surface area contributed by atoms with Crippen molar-refractivity contribution in [3.8, 4) is 5.75 Å². The summed E-state index contributed by atoms with van der Waals surface area (Å²) in [6.07, 6.45) is -0.530. The highest BCUT2D eigenvalue weighted by Crippen LogP contribution is 2.47. The Labute approximate surface area is 136 Å². The number of Topliss-reactive ketones (excluding diaryl/α,β-unsaturated/α-hetero) is 1. The van der Waals surface area contributed by atoms with Crippen LogP contribution < -0.4 is 4.74 Å². The predicted octanol–water partition coefficient (Wildman–Crippen LogP) is 3.87. The summed E-state index contributed by atoms with van der Waals surface area (Å²) < 4.78 is 6.10. The number of ether oxygens (including phenoxy) is 1. The zero-order valence-corrected chi connectivity index (χ0v) is 15.0. The lowest BCUT2D eigenvalue weighted by atomic mass is 9.77. The van der Waals surface area contributed by atoms with Gasteiger partial charge in [0, 0.05) is 17.9 Å². The molecule has 0 bridgehead atoms. The Kier molecular flexibility index (Phi) is 4.44. The molecule has 1 unspecified atom stereocenters. The number of para-hydroxylation sites is 1. The fourth-order valence-corrected chi connectivity index (χ4v) is 3.38. The van der Waals surface area contributed by atoms with E-state index in [1.807, 2.05) is 26.0 Å². The van der Waals surface area contributed by atoms with E-state index in [0.29, 0.717) is 0 Å². The van der Waals surface area contributed by atoms with E-state index in [4.69, 9.17) is 4.74 Å². The van der Waals surface area contributed by atoms with Crippen molar-refractivity contribution in [1.29, 1.82) is 0 Å². The van der Waals surface area contributed by atoms with Crippen molar-refractivity contribution in [1.82, 2.24) is 0 Å². The molecule has 1 aliphatic rings. The molecule has 1 aromatic rings. The first-order chi connectivity index (χ1) is 10.0. The van der Waals surface area contributed by atoms with Crippen LogP contribution in [-0.2, 0) is 20.4 Å². The maximum Gasteiger partial charge on any atom is 0.186 e. The molecule has 0 spiro atoms. The van der Waals surface area contributed by atoms with Gasteiger partial charge in [0.15, 0.2) is 17.0 Å². The monoisotopic (exact) mass is 320 g/mol. The molecule has 2 rings (SSSR count). The van der Waals surface area contributed by atoms with Crippen LogP contribution in [0.1, 0.15) is 52.7 Å². The summed E-state index contributed by atoms with van der Waals surface area (Å²) in [5.41, 5.74) is 1.76. The Morgan fingerprint density at radius 2 is 1.91 bits per heavy atom. The van der Waals surface area contributed by atoms with Crippen LogP contribution in [0, 0.1) is 0 Å². The first kappa shape index (κ1) is 17.1. The van der Waals surface area contributed by atoms with Gasteiger partial charge in [-0.25, -0.2) is 0 Å². The van der Waals surface area contributed by atoms with E-state index < -0.39 is 6.10 Å². The van der Waals surface area contributed by atoms with Gasteiger partial charge in [0.05, 0.1) is 5.75 Å². The van der Waals surface area contributed by atoms with Crippen LogP contribution in [0.5, 0.6) is 5.75 Å². The van der Waals surface area contributed by atoms with Crippen molar-refractivity contribution in [2.45, 2.75) is 58.5 Å². The van der Waals surface area contributed by atoms with Crippen LogP contribution in [-0.4, -0.2) is 22.8 Å². The second-order valence-electron chi connectivity index (χ2n) is 7.40. The van der Waals surface area contributed by atoms with Crippen molar-refractivity contribution in [3.63, 3.8) is 0 Å². The van der Waals surface area contributed by atoms with Crippen LogP contribution in [0.4, 0.5) is 0 Å². The first-order valence-corrected chi connectivity index (χ1v) is 8.50. The number of carbonyl (C=O) groups is 2. The molecule has 4 heteroatoms. The molecule has 0 radical (unpaired) electrons. The molecule has 0 amide bonds. The van der Waals surface area contributed by atoms with Gasteiger partial charge >= 0.3 is 0 Å². The molecule has 0 saturated carbocycles. The van der Waals surface area contributed by atoms with Gasteiger partial charge < -0.3 is 4.74 Å². The Balaban J connectivity index is 2.37. The maximum absolute atomic E-state index is 12.5. The molecule has 22 heavy (non-hydrogen) atoms. The number of hydrogen-bond acceptors (Lipinski definition) is 4. The smallest absolute Gasteiger partial charge is 0.186 e. The number of thioether (sulfide) groups is 1. The Morgan fingerprint density at radius 1 is 1.27 bits per heavy atom. The Hall–Kier alpha value is -1.29. The average Bonchev–Trinajstić information content (AvgIpc) is 2.67. The van der Waals surface area contributed by atoms with Crippen molar-refractivity contribution in [2.75, 3.05) is 5.75 Å². The largest absolute Gasteiger partial charge is 0.481 e. The minimum Gasteiger partial charge on any atom is -0.481 e. The Bertz CT molecular complexity index is 611. The lowest BCUT2D eigenvalue weighted by Gasteiger charge is -2.24. The van der Waals surface area contributed by atoms with Crippen LogP contribution in [0.3, 0.4) is 0 Å². The lowest BCUT2D eigenvalue weighted by molar-refractivity contribution is -0.124. The van der Waals surface area contributed by atoms with E-state index in [-0.39, 0.29) is 27.5 Å². The first-order valence-electron chi connectivity index (χ1n) is 7.52. The minimum absolute atomic E-state index is 0.0266. The van der Waals surface area contributed by atoms with Crippen LogP contribution in [0.2, 0.25) is 0 Å². The SMILES string of the molecule is CC(=O)SCC(=O)C1Oc2c(C(C)(C)C)cccc2C1(C)C. The molecular formula is C18H24O3S. The lowest BCUT2D eigenvalue weighted by Crippen LogP contribution is -2.40. The molecule has 1 aliphatic heterocycles. The van der Waals surface area contributed by atoms with E-state index in [2.05, 4.69) is 26.8 Å². The molecule has 3 nitrogen and oxygen atoms in total. The van der Waals surface area contributed by atoms with Gasteiger partial charge in [-0.05, 0) is 11.0 Å². The molecule has 1 atom stereocenters. The summed E-state index contributed by atoms with van der Waals surface area (Å²) in [4.78, 5) is 23.6. The number of carbonyl (C=O) groups excluding carboxylic acids is 2. The molecule has 120 valence electrons. The van der Waals surface area contributed by atoms with Gasteiger partial charge in [-0.3, -0.25) is 9.59 Å². The molecule has 0 aromatic heterocycles. The van der Waals surface area contributed by atoms with E-state index in [1.165, 1.54) is 6.92 Å². The molecule has 1 aromatic carbocycles. The number of fused-ring (bicyclic) bond motifs is 1. The zero-order valence-electron chi connectivity index (χ0n) is 14.1. The molecule has 0 fully saturated rings. The van der Waals surface area contributed by atoms with Crippen LogP contribution in [0.25, 0.3) is 0 Å². The van der Waals surface area contributed by atoms with Crippen molar-refractivity contribution >= 4 is 22.7 Å². The summed E-state index contributed by atoms with van der Waals surface area (Å²) in [7, 11) is 0. The third-order valence-electron chi connectivity index (χ3n) is 4.12. The number of rotatable bonds is 3. The number of hydrogen-bond donors (Lipinski definition) is 0. The molecule has 0 saturated heterocycles. The zero-order chi connectivity index (χ0) is 16.7. The standard InChI is InChI=1S/C18H24O3S/c1-11(19)22-10-14(20)16-18(5,6)13-9-7-8-12(15(13)21-16)17(2,3)4/h7-9,16H,10H2,1-6H3. The van der Waals surface area contributed by atoms with Gasteiger partial charge in [-0.1, -0.05) is 64.6 Å². The highest BCUT2D eigenvalue weighted by atomic mass is 32.2. The maximum atomic E-state index is 12.5. The van der Waals surface area contributed by atoms with Gasteiger partial charge in [0.1, 0.15) is 5.75 Å². The second-order valence-corrected chi connectivity index (χ2v) is 8.55. The third kappa shape index (κ3) is 3.07. The summed E-state index contributed by atoms with van der Waals surface area (Å²) in [5.74, 6) is 0.981. The van der Waals surface area contributed by atoms with Crippen molar-refractivity contribution in [3.05, 3.63) is 29.3 Å². The summed E-state index contributed by atoms with van der Waals surface area (Å²) >= 11 is 1.05. The quantitative estimate of drug-likeness (QED) is 0.848. The van der Waals surface area contributed by atoms with E-state index >= 15 is 0 Å². The highest BCUT2D eigenvalue weighted by Gasteiger charge is 2.47. The van der Waals surface area contributed by atoms with Gasteiger partial charge in [-0.2, -0.15) is 0 Å². The fourth-order valence-electron chi connectivity index (χ4n) is 2.89. The van der Waals surface area contributed by atoms with E-state index in [9.17, 15) is 9.59 Å². The van der Waals surface area contributed by atoms with E-state index in [1.54, 1.807) is 0 Å². The molecule has 0 N–H and O–H groups in total. The number of benzene rings is 1.